The summed E-state index contributed by atoms with van der Waals surface area (Å²) in [5, 5.41) is 1.13. The maximum atomic E-state index is 6.03. The molecule has 0 bridgehead atoms. The molecular weight excluding hydrogens is 380 g/mol. The highest BCUT2D eigenvalue weighted by Gasteiger charge is 2.22. The lowest BCUT2D eigenvalue weighted by molar-refractivity contribution is -0.209. The summed E-state index contributed by atoms with van der Waals surface area (Å²) >= 11 is 3.48. The third-order valence-electron chi connectivity index (χ3n) is 4.56. The van der Waals surface area contributed by atoms with Gasteiger partial charge in [0.15, 0.2) is 6.29 Å². The van der Waals surface area contributed by atoms with Crippen molar-refractivity contribution in [2.75, 3.05) is 18.5 Å². The van der Waals surface area contributed by atoms with Crippen LogP contribution in [0.2, 0.25) is 0 Å². The summed E-state index contributed by atoms with van der Waals surface area (Å²) in [4.78, 5) is 0. The summed E-state index contributed by atoms with van der Waals surface area (Å²) in [5.74, 6) is 0. The maximum Gasteiger partial charge on any atom is 0.158 e. The normalized spacial score (nSPS) is 20.7. The van der Waals surface area contributed by atoms with Crippen LogP contribution in [0.25, 0.3) is 0 Å². The Morgan fingerprint density at radius 2 is 1.72 bits per heavy atom. The Balaban J connectivity index is 1.48. The van der Waals surface area contributed by atoms with Crippen LogP contribution in [0.15, 0.2) is 30.3 Å². The molecule has 1 heterocycles. The molecule has 0 spiro atoms. The van der Waals surface area contributed by atoms with E-state index in [9.17, 15) is 0 Å². The van der Waals surface area contributed by atoms with Crippen molar-refractivity contribution in [1.82, 2.24) is 0 Å². The van der Waals surface area contributed by atoms with Crippen LogP contribution >= 0.6 is 15.9 Å². The Morgan fingerprint density at radius 3 is 2.52 bits per heavy atom. The minimum absolute atomic E-state index is 0.0861. The first-order valence-electron chi connectivity index (χ1n) is 9.83. The van der Waals surface area contributed by atoms with Crippen molar-refractivity contribution < 1.29 is 14.2 Å². The number of benzene rings is 1. The summed E-state index contributed by atoms with van der Waals surface area (Å²) in [7, 11) is 0. The zero-order chi connectivity index (χ0) is 17.6. The molecule has 1 saturated heterocycles. The van der Waals surface area contributed by atoms with Gasteiger partial charge in [-0.15, -0.1) is 0 Å². The number of rotatable bonds is 13. The predicted octanol–water partition coefficient (Wildman–Crippen LogP) is 5.85. The first-order valence-corrected chi connectivity index (χ1v) is 11.0. The highest BCUT2D eigenvalue weighted by Crippen LogP contribution is 2.21. The molecule has 0 N–H and O–H groups in total. The molecule has 2 unspecified atom stereocenters. The summed E-state index contributed by atoms with van der Waals surface area (Å²) < 4.78 is 17.8. The molecule has 3 nitrogen and oxygen atoms in total. The van der Waals surface area contributed by atoms with Gasteiger partial charge in [0.1, 0.15) is 0 Å². The standard InChI is InChI=1S/C21H33BrO3/c22-15-8-3-1-2-4-9-16-23-18-20-13-10-14-21(25-20)24-17-19-11-6-5-7-12-19/h5-7,11-12,20-21H,1-4,8-10,13-18H2. The lowest BCUT2D eigenvalue weighted by Gasteiger charge is -2.29. The summed E-state index contributed by atoms with van der Waals surface area (Å²) in [6.07, 6.45) is 11.1. The van der Waals surface area contributed by atoms with Crippen molar-refractivity contribution in [3.05, 3.63) is 35.9 Å². The Kier molecular flexibility index (Phi) is 11.5. The van der Waals surface area contributed by atoms with Crippen LogP contribution in [-0.2, 0) is 20.8 Å². The van der Waals surface area contributed by atoms with Gasteiger partial charge in [0.2, 0.25) is 0 Å². The van der Waals surface area contributed by atoms with Crippen molar-refractivity contribution in [3.8, 4) is 0 Å². The van der Waals surface area contributed by atoms with Gasteiger partial charge in [-0.3, -0.25) is 0 Å². The van der Waals surface area contributed by atoms with Gasteiger partial charge in [0, 0.05) is 11.9 Å². The fraction of sp³-hybridized carbons (Fsp3) is 0.714. The molecule has 0 amide bonds. The van der Waals surface area contributed by atoms with Crippen molar-refractivity contribution in [1.29, 1.82) is 0 Å². The number of unbranched alkanes of at least 4 members (excludes halogenated alkanes) is 5. The molecule has 0 aromatic heterocycles. The second kappa shape index (κ2) is 13.7. The van der Waals surface area contributed by atoms with E-state index in [4.69, 9.17) is 14.2 Å². The first-order chi connectivity index (χ1) is 12.4. The molecule has 4 heteroatoms. The molecule has 142 valence electrons. The molecule has 1 fully saturated rings. The van der Waals surface area contributed by atoms with Gasteiger partial charge in [-0.25, -0.2) is 0 Å². The zero-order valence-corrected chi connectivity index (χ0v) is 16.9. The van der Waals surface area contributed by atoms with Gasteiger partial charge in [-0.05, 0) is 37.7 Å². The number of hydrogen-bond acceptors (Lipinski definition) is 3. The topological polar surface area (TPSA) is 27.7 Å². The second-order valence-corrected chi connectivity index (χ2v) is 7.59. The number of hydrogen-bond donors (Lipinski definition) is 0. The molecule has 0 radical (unpaired) electrons. The highest BCUT2D eigenvalue weighted by atomic mass is 79.9. The minimum Gasteiger partial charge on any atom is -0.379 e. The first kappa shape index (κ1) is 20.9. The van der Waals surface area contributed by atoms with E-state index in [1.165, 1.54) is 37.7 Å². The molecule has 1 aliphatic rings. The number of halogens is 1. The van der Waals surface area contributed by atoms with E-state index in [1.54, 1.807) is 0 Å². The molecule has 2 atom stereocenters. The van der Waals surface area contributed by atoms with Crippen molar-refractivity contribution >= 4 is 15.9 Å². The van der Waals surface area contributed by atoms with Crippen LogP contribution in [0.4, 0.5) is 0 Å². The van der Waals surface area contributed by atoms with Gasteiger partial charge in [0.05, 0.1) is 19.3 Å². The third kappa shape index (κ3) is 9.74. The van der Waals surface area contributed by atoms with Crippen LogP contribution < -0.4 is 0 Å². The van der Waals surface area contributed by atoms with E-state index in [1.807, 2.05) is 18.2 Å². The SMILES string of the molecule is BrCCCCCCCCOCC1CCCC(OCc2ccccc2)O1. The molecule has 1 aromatic carbocycles. The van der Waals surface area contributed by atoms with E-state index in [0.29, 0.717) is 13.2 Å². The summed E-state index contributed by atoms with van der Waals surface area (Å²) in [5.41, 5.74) is 1.20. The van der Waals surface area contributed by atoms with Crippen LogP contribution in [0.1, 0.15) is 63.4 Å². The van der Waals surface area contributed by atoms with E-state index >= 15 is 0 Å². The van der Waals surface area contributed by atoms with E-state index in [-0.39, 0.29) is 12.4 Å². The summed E-state index contributed by atoms with van der Waals surface area (Å²) in [6.45, 7) is 2.18. The largest absolute Gasteiger partial charge is 0.379 e. The maximum absolute atomic E-state index is 6.03. The van der Waals surface area contributed by atoms with Crippen molar-refractivity contribution in [2.24, 2.45) is 0 Å². The zero-order valence-electron chi connectivity index (χ0n) is 15.3. The third-order valence-corrected chi connectivity index (χ3v) is 5.13. The van der Waals surface area contributed by atoms with Crippen LogP contribution in [0, 0.1) is 0 Å². The molecule has 2 rings (SSSR count). The van der Waals surface area contributed by atoms with E-state index < -0.39 is 0 Å². The van der Waals surface area contributed by atoms with Gasteiger partial charge >= 0.3 is 0 Å². The molecule has 0 aliphatic carbocycles. The average molecular weight is 413 g/mol. The molecule has 0 saturated carbocycles. The molecular formula is C21H33BrO3. The predicted molar refractivity (Wildman–Crippen MR) is 106 cm³/mol. The van der Waals surface area contributed by atoms with Crippen molar-refractivity contribution in [3.63, 3.8) is 0 Å². The van der Waals surface area contributed by atoms with Gasteiger partial charge in [-0.2, -0.15) is 0 Å². The fourth-order valence-corrected chi connectivity index (χ4v) is 3.49. The minimum atomic E-state index is -0.0861. The molecule has 25 heavy (non-hydrogen) atoms. The number of alkyl halides is 1. The Hall–Kier alpha value is -0.420. The van der Waals surface area contributed by atoms with E-state index in [0.717, 1.165) is 37.6 Å². The monoisotopic (exact) mass is 412 g/mol. The second-order valence-electron chi connectivity index (χ2n) is 6.80. The Bertz CT molecular complexity index is 426. The average Bonchev–Trinajstić information content (AvgIpc) is 2.66. The number of ether oxygens (including phenoxy) is 3. The highest BCUT2D eigenvalue weighted by molar-refractivity contribution is 9.09. The fourth-order valence-electron chi connectivity index (χ4n) is 3.09. The summed E-state index contributed by atoms with van der Waals surface area (Å²) in [6, 6.07) is 10.3. The lowest BCUT2D eigenvalue weighted by atomic mass is 10.1. The lowest BCUT2D eigenvalue weighted by Crippen LogP contribution is -2.32. The molecule has 1 aromatic rings. The quantitative estimate of drug-likeness (QED) is 0.300. The van der Waals surface area contributed by atoms with Crippen molar-refractivity contribution in [2.45, 2.75) is 76.8 Å². The van der Waals surface area contributed by atoms with Crippen LogP contribution in [-0.4, -0.2) is 30.9 Å². The Morgan fingerprint density at radius 1 is 0.960 bits per heavy atom. The van der Waals surface area contributed by atoms with Gasteiger partial charge < -0.3 is 14.2 Å². The van der Waals surface area contributed by atoms with Gasteiger partial charge in [0.25, 0.3) is 0 Å². The van der Waals surface area contributed by atoms with Crippen LogP contribution in [0.5, 0.6) is 0 Å². The van der Waals surface area contributed by atoms with Gasteiger partial charge in [-0.1, -0.05) is 71.9 Å². The van der Waals surface area contributed by atoms with Crippen LogP contribution in [0.3, 0.4) is 0 Å². The molecule has 1 aliphatic heterocycles. The Labute approximate surface area is 161 Å². The smallest absolute Gasteiger partial charge is 0.158 e. The van der Waals surface area contributed by atoms with E-state index in [2.05, 4.69) is 28.1 Å².